The fraction of sp³-hybridized carbons (Fsp3) is 0.120. The van der Waals surface area contributed by atoms with Crippen LogP contribution in [0, 0.1) is 5.82 Å². The highest BCUT2D eigenvalue weighted by Gasteiger charge is 2.35. The minimum atomic E-state index is -4.94. The molecule has 172 valence electrons. The van der Waals surface area contributed by atoms with E-state index >= 15 is 0 Å². The predicted molar refractivity (Wildman–Crippen MR) is 112 cm³/mol. The third-order valence-corrected chi connectivity index (χ3v) is 4.56. The fourth-order valence-electron chi connectivity index (χ4n) is 3.10. The van der Waals surface area contributed by atoms with Gasteiger partial charge in [0.2, 0.25) is 0 Å². The Bertz CT molecular complexity index is 1130. The van der Waals surface area contributed by atoms with Gasteiger partial charge in [0.15, 0.2) is 0 Å². The van der Waals surface area contributed by atoms with Gasteiger partial charge in [0.05, 0.1) is 5.57 Å². The van der Waals surface area contributed by atoms with E-state index in [2.05, 4.69) is 4.74 Å². The van der Waals surface area contributed by atoms with Gasteiger partial charge in [0, 0.05) is 6.42 Å². The lowest BCUT2D eigenvalue weighted by molar-refractivity contribution is -0.274. The second-order valence-electron chi connectivity index (χ2n) is 7.02. The highest BCUT2D eigenvalue weighted by Crippen LogP contribution is 2.35. The summed E-state index contributed by atoms with van der Waals surface area (Å²) in [4.78, 5) is 0. The van der Waals surface area contributed by atoms with E-state index in [4.69, 9.17) is 0 Å². The topological polar surface area (TPSA) is 9.23 Å². The number of allylic oxidation sites excluding steroid dienone is 3. The maximum Gasteiger partial charge on any atom is 0.573 e. The Morgan fingerprint density at radius 1 is 0.818 bits per heavy atom. The molecule has 0 spiro atoms. The summed E-state index contributed by atoms with van der Waals surface area (Å²) >= 11 is 0. The van der Waals surface area contributed by atoms with E-state index < -0.39 is 29.7 Å². The summed E-state index contributed by atoms with van der Waals surface area (Å²) in [5, 5.41) is 0. The lowest BCUT2D eigenvalue weighted by atomic mass is 10.0. The second kappa shape index (κ2) is 9.94. The molecule has 3 aromatic carbocycles. The van der Waals surface area contributed by atoms with Gasteiger partial charge in [-0.1, -0.05) is 60.7 Å². The van der Waals surface area contributed by atoms with Crippen LogP contribution in [0.25, 0.3) is 11.6 Å². The van der Waals surface area contributed by atoms with Gasteiger partial charge in [-0.25, -0.2) is 4.39 Å². The van der Waals surface area contributed by atoms with Crippen molar-refractivity contribution in [2.75, 3.05) is 0 Å². The van der Waals surface area contributed by atoms with E-state index in [0.717, 1.165) is 42.0 Å². The van der Waals surface area contributed by atoms with Gasteiger partial charge in [-0.2, -0.15) is 13.2 Å². The molecule has 0 aliphatic carbocycles. The number of alkyl halides is 6. The third-order valence-electron chi connectivity index (χ3n) is 4.56. The van der Waals surface area contributed by atoms with Gasteiger partial charge in [-0.3, -0.25) is 0 Å². The largest absolute Gasteiger partial charge is 0.573 e. The quantitative estimate of drug-likeness (QED) is 0.264. The molecular weight excluding hydrogens is 449 g/mol. The zero-order valence-electron chi connectivity index (χ0n) is 16.9. The van der Waals surface area contributed by atoms with Crippen LogP contribution in [-0.2, 0) is 6.42 Å². The molecule has 8 heteroatoms. The Morgan fingerprint density at radius 2 is 1.48 bits per heavy atom. The Balaban J connectivity index is 1.82. The minimum absolute atomic E-state index is 0.324. The summed E-state index contributed by atoms with van der Waals surface area (Å²) < 4.78 is 95.1. The normalized spacial score (nSPS) is 12.9. The predicted octanol–water partition coefficient (Wildman–Crippen LogP) is 7.97. The summed E-state index contributed by atoms with van der Waals surface area (Å²) in [7, 11) is 0. The van der Waals surface area contributed by atoms with E-state index in [1.165, 1.54) is 18.2 Å². The number of hydrogen-bond acceptors (Lipinski definition) is 1. The van der Waals surface area contributed by atoms with Crippen LogP contribution >= 0.6 is 0 Å². The monoisotopic (exact) mass is 466 g/mol. The average molecular weight is 466 g/mol. The molecule has 3 rings (SSSR count). The highest BCUT2D eigenvalue weighted by atomic mass is 19.4. The minimum Gasteiger partial charge on any atom is -0.406 e. The van der Waals surface area contributed by atoms with Crippen molar-refractivity contribution in [3.8, 4) is 5.75 Å². The second-order valence-corrected chi connectivity index (χ2v) is 7.02. The molecule has 0 amide bonds. The van der Waals surface area contributed by atoms with Crippen LogP contribution in [0.15, 0.2) is 84.9 Å². The molecule has 0 N–H and O–H groups in total. The molecular formula is C25H17F7O. The molecule has 33 heavy (non-hydrogen) atoms. The van der Waals surface area contributed by atoms with Crippen molar-refractivity contribution < 1.29 is 35.5 Å². The van der Waals surface area contributed by atoms with Gasteiger partial charge in [-0.15, -0.1) is 13.2 Å². The Labute approximate surface area is 185 Å². The summed E-state index contributed by atoms with van der Waals surface area (Å²) in [5.41, 5.74) is 0.391. The summed E-state index contributed by atoms with van der Waals surface area (Å²) in [6, 6.07) is 16.8. The fourth-order valence-corrected chi connectivity index (χ4v) is 3.10. The molecule has 0 heterocycles. The maximum absolute atomic E-state index is 14.2. The lowest BCUT2D eigenvalue weighted by Crippen LogP contribution is -2.17. The van der Waals surface area contributed by atoms with Crippen molar-refractivity contribution in [3.05, 3.63) is 113 Å². The molecule has 0 aliphatic heterocycles. The molecule has 0 fully saturated rings. The Hall–Kier alpha value is -3.55. The van der Waals surface area contributed by atoms with E-state index in [9.17, 15) is 30.7 Å². The summed E-state index contributed by atoms with van der Waals surface area (Å²) in [6.45, 7) is 0. The molecule has 1 nitrogen and oxygen atoms in total. The van der Waals surface area contributed by atoms with Crippen molar-refractivity contribution in [2.45, 2.75) is 19.0 Å². The SMILES string of the molecule is Fc1ccc(C=CC=C(c2ccc(OC(F)(F)F)cc2)C(F)(F)F)cc1Cc1ccccc1. The van der Waals surface area contributed by atoms with Gasteiger partial charge < -0.3 is 4.74 Å². The van der Waals surface area contributed by atoms with Crippen molar-refractivity contribution in [3.63, 3.8) is 0 Å². The number of halogens is 7. The molecule has 0 aliphatic rings. The molecule has 0 bridgehead atoms. The van der Waals surface area contributed by atoms with Crippen molar-refractivity contribution >= 4 is 11.6 Å². The molecule has 0 radical (unpaired) electrons. The molecule has 0 unspecified atom stereocenters. The first kappa shape index (κ1) is 24.1. The van der Waals surface area contributed by atoms with Crippen LogP contribution in [0.3, 0.4) is 0 Å². The van der Waals surface area contributed by atoms with Crippen LogP contribution in [0.2, 0.25) is 0 Å². The first-order valence-corrected chi connectivity index (χ1v) is 9.65. The van der Waals surface area contributed by atoms with Crippen molar-refractivity contribution in [1.29, 1.82) is 0 Å². The number of hydrogen-bond donors (Lipinski definition) is 0. The standard InChI is InChI=1S/C25H17F7O/c26-23-14-9-18(16-20(23)15-17-5-2-1-3-6-17)7-4-8-22(24(27,28)29)19-10-12-21(13-11-19)33-25(30,31)32/h1-14,16H,15H2. The van der Waals surface area contributed by atoms with Crippen molar-refractivity contribution in [1.82, 2.24) is 0 Å². The van der Waals surface area contributed by atoms with Crippen molar-refractivity contribution in [2.24, 2.45) is 0 Å². The van der Waals surface area contributed by atoms with Gasteiger partial charge in [0.1, 0.15) is 11.6 Å². The number of benzene rings is 3. The molecule has 0 aromatic heterocycles. The van der Waals surface area contributed by atoms with E-state index in [0.29, 0.717) is 17.5 Å². The first-order valence-electron chi connectivity index (χ1n) is 9.65. The van der Waals surface area contributed by atoms with Crippen LogP contribution in [-0.4, -0.2) is 12.5 Å². The summed E-state index contributed by atoms with van der Waals surface area (Å²) in [5.74, 6) is -1.05. The van der Waals surface area contributed by atoms with E-state index in [1.807, 2.05) is 30.3 Å². The zero-order valence-corrected chi connectivity index (χ0v) is 16.9. The third kappa shape index (κ3) is 7.24. The lowest BCUT2D eigenvalue weighted by Gasteiger charge is -2.13. The highest BCUT2D eigenvalue weighted by molar-refractivity contribution is 5.72. The van der Waals surface area contributed by atoms with Gasteiger partial charge in [-0.05, 0) is 52.6 Å². The smallest absolute Gasteiger partial charge is 0.406 e. The molecule has 3 aromatic rings. The summed E-state index contributed by atoms with van der Waals surface area (Å²) in [6.07, 6.45) is -6.02. The number of rotatable bonds is 6. The maximum atomic E-state index is 14.2. The van der Waals surface area contributed by atoms with Gasteiger partial charge >= 0.3 is 12.5 Å². The molecule has 0 saturated heterocycles. The Morgan fingerprint density at radius 3 is 2.09 bits per heavy atom. The first-order chi connectivity index (χ1) is 15.5. The molecule has 0 atom stereocenters. The zero-order chi connectivity index (χ0) is 24.1. The van der Waals surface area contributed by atoms with Crippen LogP contribution in [0.1, 0.15) is 22.3 Å². The van der Waals surface area contributed by atoms with Crippen LogP contribution in [0.5, 0.6) is 5.75 Å². The average Bonchev–Trinajstić information content (AvgIpc) is 2.73. The van der Waals surface area contributed by atoms with Crippen LogP contribution < -0.4 is 4.74 Å². The molecule has 0 saturated carbocycles. The van der Waals surface area contributed by atoms with E-state index in [1.54, 1.807) is 6.07 Å². The van der Waals surface area contributed by atoms with E-state index in [-0.39, 0.29) is 5.56 Å². The number of ether oxygens (including phenoxy) is 1. The Kier molecular flexibility index (Phi) is 7.26. The van der Waals surface area contributed by atoms with Gasteiger partial charge in [0.25, 0.3) is 0 Å². The van der Waals surface area contributed by atoms with Crippen LogP contribution in [0.4, 0.5) is 30.7 Å².